The highest BCUT2D eigenvalue weighted by molar-refractivity contribution is 5.79. The van der Waals surface area contributed by atoms with E-state index in [1.54, 1.807) is 6.33 Å². The third-order valence-corrected chi connectivity index (χ3v) is 6.02. The monoisotopic (exact) mass is 383 g/mol. The lowest BCUT2D eigenvalue weighted by Crippen LogP contribution is -2.15. The summed E-state index contributed by atoms with van der Waals surface area (Å²) < 4.78 is 2.10. The van der Waals surface area contributed by atoms with Crippen LogP contribution >= 0.6 is 0 Å². The molecule has 0 amide bonds. The van der Waals surface area contributed by atoms with E-state index in [1.165, 1.54) is 27.9 Å². The Kier molecular flexibility index (Phi) is 3.95. The minimum absolute atomic E-state index is 0.371. The van der Waals surface area contributed by atoms with E-state index in [4.69, 9.17) is 9.97 Å². The van der Waals surface area contributed by atoms with Gasteiger partial charge in [0.1, 0.15) is 24.3 Å². The van der Waals surface area contributed by atoms with E-state index in [0.717, 1.165) is 34.7 Å². The Bertz CT molecular complexity index is 1250. The van der Waals surface area contributed by atoms with Gasteiger partial charge in [-0.2, -0.15) is 0 Å². The van der Waals surface area contributed by atoms with Crippen molar-refractivity contribution in [1.82, 2.24) is 19.5 Å². The van der Waals surface area contributed by atoms with Crippen molar-refractivity contribution in [2.75, 3.05) is 11.9 Å². The molecule has 2 aromatic heterocycles. The van der Waals surface area contributed by atoms with E-state index in [2.05, 4.69) is 79.5 Å². The molecule has 0 fully saturated rings. The van der Waals surface area contributed by atoms with Crippen LogP contribution < -0.4 is 4.90 Å². The molecule has 1 aliphatic rings. The van der Waals surface area contributed by atoms with Gasteiger partial charge in [-0.15, -0.1) is 0 Å². The van der Waals surface area contributed by atoms with Crippen LogP contribution in [0, 0.1) is 20.8 Å². The molecule has 5 nitrogen and oxygen atoms in total. The van der Waals surface area contributed by atoms with Crippen molar-refractivity contribution >= 4 is 22.5 Å². The van der Waals surface area contributed by atoms with Crippen LogP contribution in [0.15, 0.2) is 43.0 Å². The number of rotatable bonds is 1. The number of hydrogen-bond donors (Lipinski definition) is 0. The molecule has 0 spiro atoms. The van der Waals surface area contributed by atoms with E-state index < -0.39 is 0 Å². The van der Waals surface area contributed by atoms with Gasteiger partial charge >= 0.3 is 0 Å². The number of aryl methyl sites for hydroxylation is 3. The van der Waals surface area contributed by atoms with Crippen LogP contribution in [0.4, 0.5) is 11.5 Å². The van der Waals surface area contributed by atoms with Crippen LogP contribution in [0.5, 0.6) is 0 Å². The van der Waals surface area contributed by atoms with E-state index >= 15 is 0 Å². The van der Waals surface area contributed by atoms with Gasteiger partial charge in [0.05, 0.1) is 11.0 Å². The van der Waals surface area contributed by atoms with Crippen molar-refractivity contribution in [1.29, 1.82) is 0 Å². The zero-order chi connectivity index (χ0) is 20.3. The molecule has 5 heteroatoms. The molecular weight excluding hydrogens is 358 g/mol. The summed E-state index contributed by atoms with van der Waals surface area (Å²) in [6.45, 7) is 8.76. The Balaban J connectivity index is 1.74. The second-order valence-electron chi connectivity index (χ2n) is 8.28. The van der Waals surface area contributed by atoms with Crippen molar-refractivity contribution in [2.45, 2.75) is 40.0 Å². The van der Waals surface area contributed by atoms with Gasteiger partial charge in [-0.1, -0.05) is 19.1 Å². The standard InChI is InChI=1S/C24H25N5/c1-14-6-7-20-19(9-14)27-13-29(20)24-18-11-17(4)22-16(3)8-15(2)10-21(22)28(5)23(18)25-12-26-24/h6-10,12-13,17H,11H2,1-5H3/t17-/m1/s1. The summed E-state index contributed by atoms with van der Waals surface area (Å²) >= 11 is 0. The number of imidazole rings is 1. The zero-order valence-electron chi connectivity index (χ0n) is 17.6. The topological polar surface area (TPSA) is 46.8 Å². The lowest BCUT2D eigenvalue weighted by Gasteiger charge is -2.23. The third-order valence-electron chi connectivity index (χ3n) is 6.02. The fourth-order valence-corrected chi connectivity index (χ4v) is 4.76. The van der Waals surface area contributed by atoms with Crippen molar-refractivity contribution in [3.63, 3.8) is 0 Å². The first-order valence-electron chi connectivity index (χ1n) is 10.1. The van der Waals surface area contributed by atoms with Gasteiger partial charge in [0.2, 0.25) is 0 Å². The number of fused-ring (bicyclic) bond motifs is 3. The molecule has 0 N–H and O–H groups in total. The second kappa shape index (κ2) is 6.41. The maximum absolute atomic E-state index is 4.71. The summed E-state index contributed by atoms with van der Waals surface area (Å²) in [5.41, 5.74) is 9.68. The van der Waals surface area contributed by atoms with Gasteiger partial charge in [0.25, 0.3) is 0 Å². The minimum Gasteiger partial charge on any atom is -0.329 e. The molecule has 0 bridgehead atoms. The van der Waals surface area contributed by atoms with Gasteiger partial charge in [0, 0.05) is 18.3 Å². The summed E-state index contributed by atoms with van der Waals surface area (Å²) in [6.07, 6.45) is 4.44. The number of nitrogens with zero attached hydrogens (tertiary/aromatic N) is 5. The minimum atomic E-state index is 0.371. The summed E-state index contributed by atoms with van der Waals surface area (Å²) in [5.74, 6) is 2.26. The quantitative estimate of drug-likeness (QED) is 0.455. The molecule has 5 rings (SSSR count). The average Bonchev–Trinajstić information content (AvgIpc) is 3.05. The molecule has 146 valence electrons. The number of aromatic nitrogens is 4. The zero-order valence-corrected chi connectivity index (χ0v) is 17.6. The summed E-state index contributed by atoms with van der Waals surface area (Å²) in [5, 5.41) is 0. The highest BCUT2D eigenvalue weighted by atomic mass is 15.2. The predicted octanol–water partition coefficient (Wildman–Crippen LogP) is 5.17. The lowest BCUT2D eigenvalue weighted by atomic mass is 9.90. The second-order valence-corrected chi connectivity index (χ2v) is 8.28. The third kappa shape index (κ3) is 2.72. The Hall–Kier alpha value is -3.21. The average molecular weight is 383 g/mol. The molecule has 29 heavy (non-hydrogen) atoms. The van der Waals surface area contributed by atoms with Crippen molar-refractivity contribution in [2.24, 2.45) is 0 Å². The fourth-order valence-electron chi connectivity index (χ4n) is 4.76. The van der Waals surface area contributed by atoms with Gasteiger partial charge in [-0.25, -0.2) is 15.0 Å². The maximum Gasteiger partial charge on any atom is 0.147 e. The highest BCUT2D eigenvalue weighted by Gasteiger charge is 2.28. The van der Waals surface area contributed by atoms with Gasteiger partial charge < -0.3 is 4.90 Å². The first-order valence-corrected chi connectivity index (χ1v) is 10.1. The van der Waals surface area contributed by atoms with E-state index in [9.17, 15) is 0 Å². The molecule has 3 heterocycles. The number of anilines is 2. The Morgan fingerprint density at radius 1 is 0.931 bits per heavy atom. The molecule has 0 aliphatic carbocycles. The van der Waals surface area contributed by atoms with Crippen molar-refractivity contribution < 1.29 is 0 Å². The molecule has 4 aromatic rings. The molecule has 0 unspecified atom stereocenters. The first-order chi connectivity index (χ1) is 13.9. The Morgan fingerprint density at radius 3 is 2.55 bits per heavy atom. The molecule has 0 saturated carbocycles. The Morgan fingerprint density at radius 2 is 1.72 bits per heavy atom. The van der Waals surface area contributed by atoms with E-state index in [0.29, 0.717) is 5.92 Å². The number of benzene rings is 2. The fraction of sp³-hybridized carbons (Fsp3) is 0.292. The highest BCUT2D eigenvalue weighted by Crippen LogP contribution is 2.42. The largest absolute Gasteiger partial charge is 0.329 e. The normalized spacial score (nSPS) is 15.9. The SMILES string of the molecule is Cc1cc(C)c2c(c1)N(C)c1ncnc(-n3cnc4cc(C)ccc43)c1C[C@H]2C. The van der Waals surface area contributed by atoms with Crippen molar-refractivity contribution in [3.8, 4) is 5.82 Å². The van der Waals surface area contributed by atoms with Crippen LogP contribution in [0.25, 0.3) is 16.9 Å². The van der Waals surface area contributed by atoms with Gasteiger partial charge in [0.15, 0.2) is 0 Å². The molecule has 0 saturated heterocycles. The van der Waals surface area contributed by atoms with Crippen LogP contribution in [0.1, 0.15) is 40.7 Å². The molecule has 0 radical (unpaired) electrons. The summed E-state index contributed by atoms with van der Waals surface area (Å²) in [4.78, 5) is 16.2. The van der Waals surface area contributed by atoms with Crippen LogP contribution in [0.2, 0.25) is 0 Å². The van der Waals surface area contributed by atoms with Crippen LogP contribution in [-0.4, -0.2) is 26.6 Å². The maximum atomic E-state index is 4.71. The predicted molar refractivity (Wildman–Crippen MR) is 117 cm³/mol. The van der Waals surface area contributed by atoms with E-state index in [1.807, 2.05) is 6.33 Å². The Labute approximate surface area is 171 Å². The molecule has 2 aromatic carbocycles. The van der Waals surface area contributed by atoms with Crippen LogP contribution in [-0.2, 0) is 6.42 Å². The molecule has 1 aliphatic heterocycles. The molecule has 1 atom stereocenters. The molecular formula is C24H25N5. The van der Waals surface area contributed by atoms with E-state index in [-0.39, 0.29) is 0 Å². The lowest BCUT2D eigenvalue weighted by molar-refractivity contribution is 0.750. The van der Waals surface area contributed by atoms with Crippen molar-refractivity contribution in [3.05, 3.63) is 70.8 Å². The summed E-state index contributed by atoms with van der Waals surface area (Å²) in [6, 6.07) is 10.9. The van der Waals surface area contributed by atoms with Crippen LogP contribution in [0.3, 0.4) is 0 Å². The van der Waals surface area contributed by atoms with Gasteiger partial charge in [-0.05, 0) is 73.6 Å². The first kappa shape index (κ1) is 17.9. The summed E-state index contributed by atoms with van der Waals surface area (Å²) in [7, 11) is 2.11. The van der Waals surface area contributed by atoms with Gasteiger partial charge in [-0.3, -0.25) is 4.57 Å². The number of hydrogen-bond acceptors (Lipinski definition) is 4. The smallest absolute Gasteiger partial charge is 0.147 e.